The van der Waals surface area contributed by atoms with Gasteiger partial charge >= 0.3 is 6.09 Å². The minimum Gasteiger partial charge on any atom is -0.443 e. The molecule has 1 amide bonds. The van der Waals surface area contributed by atoms with Crippen LogP contribution in [0.3, 0.4) is 0 Å². The largest absolute Gasteiger partial charge is 0.443 e. The van der Waals surface area contributed by atoms with Crippen LogP contribution in [0.4, 0.5) is 10.6 Å². The van der Waals surface area contributed by atoms with Crippen molar-refractivity contribution in [3.05, 3.63) is 64.1 Å². The number of hydrogen-bond acceptors (Lipinski definition) is 6. The smallest absolute Gasteiger partial charge is 0.407 e. The van der Waals surface area contributed by atoms with Gasteiger partial charge in [-0.15, -0.1) is 11.3 Å². The molecule has 1 saturated heterocycles. The fourth-order valence-corrected chi connectivity index (χ4v) is 4.47. The lowest BCUT2D eigenvalue weighted by atomic mass is 9.93. The number of benzene rings is 1. The van der Waals surface area contributed by atoms with E-state index < -0.39 is 0 Å². The summed E-state index contributed by atoms with van der Waals surface area (Å²) >= 11 is 7.62. The molecule has 0 radical (unpaired) electrons. The number of nitrogens with one attached hydrogen (secondary N) is 1. The Morgan fingerprint density at radius 1 is 1.23 bits per heavy atom. The first-order chi connectivity index (χ1) is 15.2. The van der Waals surface area contributed by atoms with E-state index in [4.69, 9.17) is 21.3 Å². The Kier molecular flexibility index (Phi) is 7.38. The average molecular weight is 457 g/mol. The van der Waals surface area contributed by atoms with Crippen LogP contribution in [0.5, 0.6) is 0 Å². The molecular weight excluding hydrogens is 432 g/mol. The predicted octanol–water partition coefficient (Wildman–Crippen LogP) is 5.39. The number of thiazole rings is 1. The molecule has 162 valence electrons. The molecule has 0 spiro atoms. The second kappa shape index (κ2) is 10.6. The number of ether oxygens (including phenoxy) is 1. The Bertz CT molecular complexity index is 991. The van der Waals surface area contributed by atoms with Crippen LogP contribution in [0.15, 0.2) is 53.4 Å². The monoisotopic (exact) mass is 456 g/mol. The molecule has 0 unspecified atom stereocenters. The highest BCUT2D eigenvalue weighted by Gasteiger charge is 2.20. The van der Waals surface area contributed by atoms with Crippen molar-refractivity contribution in [2.45, 2.75) is 25.9 Å². The Hall–Kier alpha value is -2.64. The van der Waals surface area contributed by atoms with Gasteiger partial charge in [0, 0.05) is 35.6 Å². The summed E-state index contributed by atoms with van der Waals surface area (Å²) in [5.41, 5.74) is 4.46. The summed E-state index contributed by atoms with van der Waals surface area (Å²) in [6, 6.07) is 13.9. The van der Waals surface area contributed by atoms with Gasteiger partial charge in [0.2, 0.25) is 0 Å². The third kappa shape index (κ3) is 6.18. The van der Waals surface area contributed by atoms with Crippen molar-refractivity contribution in [2.24, 2.45) is 5.92 Å². The molecule has 1 aliphatic rings. The van der Waals surface area contributed by atoms with Crippen LogP contribution in [0.1, 0.15) is 25.0 Å². The van der Waals surface area contributed by atoms with Gasteiger partial charge in [-0.3, -0.25) is 0 Å². The van der Waals surface area contributed by atoms with Crippen molar-refractivity contribution in [3.63, 3.8) is 0 Å². The molecule has 3 heterocycles. The first kappa shape index (κ1) is 21.6. The Morgan fingerprint density at radius 2 is 2.06 bits per heavy atom. The van der Waals surface area contributed by atoms with Gasteiger partial charge in [-0.05, 0) is 49.4 Å². The van der Waals surface area contributed by atoms with Gasteiger partial charge < -0.3 is 15.0 Å². The third-order valence-electron chi connectivity index (χ3n) is 5.45. The fraction of sp³-hybridized carbons (Fsp3) is 0.348. The quantitative estimate of drug-likeness (QED) is 0.516. The van der Waals surface area contributed by atoms with Crippen molar-refractivity contribution < 1.29 is 9.53 Å². The van der Waals surface area contributed by atoms with Crippen LogP contribution in [-0.2, 0) is 11.3 Å². The van der Waals surface area contributed by atoms with Gasteiger partial charge in [-0.1, -0.05) is 29.8 Å². The number of carbonyl (C=O) groups excluding carboxylic acids is 1. The van der Waals surface area contributed by atoms with Crippen LogP contribution < -0.4 is 10.2 Å². The molecule has 1 N–H and O–H groups in total. The number of rotatable bonds is 7. The highest BCUT2D eigenvalue weighted by atomic mass is 35.5. The molecular formula is C23H25ClN4O2S. The third-order valence-corrected chi connectivity index (χ3v) is 6.32. The normalized spacial score (nSPS) is 14.4. The molecule has 0 atom stereocenters. The van der Waals surface area contributed by atoms with Crippen LogP contribution in [0, 0.1) is 5.92 Å². The van der Waals surface area contributed by atoms with Crippen molar-refractivity contribution in [3.8, 4) is 11.3 Å². The van der Waals surface area contributed by atoms with E-state index in [0.29, 0.717) is 17.5 Å². The Morgan fingerprint density at radius 3 is 2.84 bits per heavy atom. The lowest BCUT2D eigenvalue weighted by molar-refractivity contribution is 0.137. The predicted molar refractivity (Wildman–Crippen MR) is 125 cm³/mol. The number of anilines is 1. The first-order valence-corrected chi connectivity index (χ1v) is 11.7. The van der Waals surface area contributed by atoms with E-state index in [1.54, 1.807) is 5.51 Å². The second-order valence-electron chi connectivity index (χ2n) is 7.59. The number of alkyl carbamates (subject to hydrolysis) is 1. The number of hydrogen-bond donors (Lipinski definition) is 1. The van der Waals surface area contributed by atoms with E-state index in [2.05, 4.69) is 21.3 Å². The Labute approximate surface area is 191 Å². The van der Waals surface area contributed by atoms with E-state index in [9.17, 15) is 4.79 Å². The van der Waals surface area contributed by atoms with Crippen LogP contribution in [-0.4, -0.2) is 35.7 Å². The minimum absolute atomic E-state index is 0.217. The molecule has 31 heavy (non-hydrogen) atoms. The number of aromatic nitrogens is 2. The number of nitrogens with zero attached hydrogens (tertiary/aromatic N) is 3. The Balaban J connectivity index is 1.21. The second-order valence-corrected chi connectivity index (χ2v) is 8.75. The van der Waals surface area contributed by atoms with Gasteiger partial charge in [0.1, 0.15) is 12.4 Å². The van der Waals surface area contributed by atoms with Gasteiger partial charge in [0.15, 0.2) is 0 Å². The zero-order valence-electron chi connectivity index (χ0n) is 17.2. The maximum Gasteiger partial charge on any atom is 0.407 e. The zero-order chi connectivity index (χ0) is 21.5. The summed E-state index contributed by atoms with van der Waals surface area (Å²) in [5.74, 6) is 1.59. The SMILES string of the molecule is O=C(NCCC1CCN(c2cccc(-c3cccc(Cl)c3)n2)CC1)OCc1cscn1. The highest BCUT2D eigenvalue weighted by Crippen LogP contribution is 2.27. The molecule has 3 aromatic rings. The lowest BCUT2D eigenvalue weighted by Gasteiger charge is -2.33. The summed E-state index contributed by atoms with van der Waals surface area (Å²) in [6.07, 6.45) is 2.74. The van der Waals surface area contributed by atoms with E-state index in [-0.39, 0.29) is 12.7 Å². The van der Waals surface area contributed by atoms with Crippen LogP contribution in [0.2, 0.25) is 5.02 Å². The highest BCUT2D eigenvalue weighted by molar-refractivity contribution is 7.07. The van der Waals surface area contributed by atoms with Crippen molar-refractivity contribution in [1.29, 1.82) is 0 Å². The molecule has 1 aliphatic heterocycles. The molecule has 4 rings (SSSR count). The minimum atomic E-state index is -0.382. The number of pyridine rings is 1. The molecule has 0 aliphatic carbocycles. The van der Waals surface area contributed by atoms with E-state index in [0.717, 1.165) is 55.1 Å². The van der Waals surface area contributed by atoms with Crippen molar-refractivity contribution in [1.82, 2.24) is 15.3 Å². The van der Waals surface area contributed by atoms with E-state index in [1.807, 2.05) is 41.8 Å². The van der Waals surface area contributed by atoms with E-state index >= 15 is 0 Å². The van der Waals surface area contributed by atoms with Gasteiger partial charge in [0.05, 0.1) is 16.9 Å². The molecule has 6 nitrogen and oxygen atoms in total. The standard InChI is InChI=1S/C23H25ClN4O2S/c24-19-4-1-3-18(13-19)21-5-2-6-22(27-21)28-11-8-17(9-12-28)7-10-25-23(29)30-14-20-15-31-16-26-20/h1-6,13,15-17H,7-12,14H2,(H,25,29). The van der Waals surface area contributed by atoms with Gasteiger partial charge in [-0.25, -0.2) is 14.8 Å². The van der Waals surface area contributed by atoms with E-state index in [1.165, 1.54) is 11.3 Å². The zero-order valence-corrected chi connectivity index (χ0v) is 18.7. The molecule has 1 aromatic carbocycles. The lowest BCUT2D eigenvalue weighted by Crippen LogP contribution is -2.35. The number of amides is 1. The van der Waals surface area contributed by atoms with Crippen LogP contribution in [0.25, 0.3) is 11.3 Å². The maximum absolute atomic E-state index is 11.8. The molecule has 0 saturated carbocycles. The maximum atomic E-state index is 11.8. The molecule has 1 fully saturated rings. The van der Waals surface area contributed by atoms with Crippen molar-refractivity contribution >= 4 is 34.8 Å². The summed E-state index contributed by atoms with van der Waals surface area (Å²) in [6.45, 7) is 2.77. The summed E-state index contributed by atoms with van der Waals surface area (Å²) in [4.78, 5) is 23.1. The molecule has 8 heteroatoms. The van der Waals surface area contributed by atoms with Crippen LogP contribution >= 0.6 is 22.9 Å². The van der Waals surface area contributed by atoms with Crippen molar-refractivity contribution in [2.75, 3.05) is 24.5 Å². The topological polar surface area (TPSA) is 67.4 Å². The average Bonchev–Trinajstić information content (AvgIpc) is 3.32. The number of halogens is 1. The fourth-order valence-electron chi connectivity index (χ4n) is 3.74. The van der Waals surface area contributed by atoms with Gasteiger partial charge in [-0.2, -0.15) is 0 Å². The first-order valence-electron chi connectivity index (χ1n) is 10.4. The number of piperidine rings is 1. The summed E-state index contributed by atoms with van der Waals surface area (Å²) in [5, 5.41) is 5.43. The molecule has 0 bridgehead atoms. The number of carbonyl (C=O) groups is 1. The molecule has 2 aromatic heterocycles. The summed E-state index contributed by atoms with van der Waals surface area (Å²) in [7, 11) is 0. The van der Waals surface area contributed by atoms with Gasteiger partial charge in [0.25, 0.3) is 0 Å². The summed E-state index contributed by atoms with van der Waals surface area (Å²) < 4.78 is 5.18.